The lowest BCUT2D eigenvalue weighted by atomic mass is 9.65. The lowest BCUT2D eigenvalue weighted by molar-refractivity contribution is -0.127. The number of hydrogen-bond donors (Lipinski definition) is 3. The molecule has 3 fully saturated rings. The number of amidine groups is 1. The van der Waals surface area contributed by atoms with Crippen LogP contribution in [0.15, 0.2) is 4.99 Å². The van der Waals surface area contributed by atoms with E-state index in [-0.39, 0.29) is 11.8 Å². The molecule has 4 aliphatic rings. The Balaban J connectivity index is 1.34. The summed E-state index contributed by atoms with van der Waals surface area (Å²) in [7, 11) is 0. The van der Waals surface area contributed by atoms with Crippen LogP contribution in [0.2, 0.25) is 0 Å². The van der Waals surface area contributed by atoms with Gasteiger partial charge in [-0.3, -0.25) is 9.79 Å². The molecule has 0 aromatic rings. The van der Waals surface area contributed by atoms with E-state index in [0.717, 1.165) is 77.4 Å². The number of carbonyl (C=O) groups excluding carboxylic acids is 1. The Morgan fingerprint density at radius 3 is 2.58 bits per heavy atom. The molecule has 0 aromatic carbocycles. The van der Waals surface area contributed by atoms with E-state index in [4.69, 9.17) is 11.6 Å². The van der Waals surface area contributed by atoms with E-state index >= 15 is 0 Å². The van der Waals surface area contributed by atoms with Gasteiger partial charge in [0.1, 0.15) is 0 Å². The quantitative estimate of drug-likeness (QED) is 0.461. The normalized spacial score (nSPS) is 39.7. The number of aliphatic hydroxyl groups excluding tert-OH is 1. The summed E-state index contributed by atoms with van der Waals surface area (Å²) in [5.74, 6) is 4.94. The molecule has 5 nitrogen and oxygen atoms in total. The van der Waals surface area contributed by atoms with Crippen LogP contribution in [0.1, 0.15) is 84.0 Å². The third kappa shape index (κ3) is 7.10. The smallest absolute Gasteiger partial charge is 0.223 e. The molecule has 0 bridgehead atoms. The van der Waals surface area contributed by atoms with Gasteiger partial charge in [-0.2, -0.15) is 0 Å². The number of halogens is 1. The predicted octanol–water partition coefficient (Wildman–Crippen LogP) is 4.76. The first-order chi connectivity index (χ1) is 16.0. The summed E-state index contributed by atoms with van der Waals surface area (Å²) in [4.78, 5) is 17.9. The highest BCUT2D eigenvalue weighted by Crippen LogP contribution is 2.44. The minimum Gasteiger partial charge on any atom is -0.396 e. The van der Waals surface area contributed by atoms with Crippen molar-refractivity contribution >= 4 is 23.3 Å². The summed E-state index contributed by atoms with van der Waals surface area (Å²) in [5.41, 5.74) is 0. The van der Waals surface area contributed by atoms with Gasteiger partial charge in [0, 0.05) is 44.0 Å². The van der Waals surface area contributed by atoms with Gasteiger partial charge in [-0.05, 0) is 93.3 Å². The molecular formula is C27H46ClN3O2. The molecule has 0 spiro atoms. The van der Waals surface area contributed by atoms with Gasteiger partial charge >= 0.3 is 0 Å². The molecule has 6 heteroatoms. The summed E-state index contributed by atoms with van der Waals surface area (Å²) in [5, 5.41) is 17.0. The van der Waals surface area contributed by atoms with Crippen molar-refractivity contribution in [2.24, 2.45) is 46.4 Å². The van der Waals surface area contributed by atoms with Gasteiger partial charge in [0.05, 0.1) is 5.84 Å². The first-order valence-corrected chi connectivity index (χ1v) is 14.2. The van der Waals surface area contributed by atoms with E-state index in [1.807, 2.05) is 0 Å². The third-order valence-corrected chi connectivity index (χ3v) is 9.82. The van der Waals surface area contributed by atoms with E-state index in [1.54, 1.807) is 0 Å². The van der Waals surface area contributed by atoms with Crippen molar-refractivity contribution in [2.75, 3.05) is 26.2 Å². The van der Waals surface area contributed by atoms with Gasteiger partial charge in [0.15, 0.2) is 0 Å². The Labute approximate surface area is 205 Å². The van der Waals surface area contributed by atoms with E-state index in [1.165, 1.54) is 25.1 Å². The number of hydrogen-bond acceptors (Lipinski definition) is 4. The second-order valence-electron chi connectivity index (χ2n) is 11.7. The highest BCUT2D eigenvalue weighted by atomic mass is 35.5. The molecule has 3 saturated carbocycles. The first-order valence-electron chi connectivity index (χ1n) is 13.8. The van der Waals surface area contributed by atoms with Crippen LogP contribution < -0.4 is 10.6 Å². The van der Waals surface area contributed by atoms with Crippen LogP contribution in [-0.4, -0.2) is 48.5 Å². The molecule has 0 radical (unpaired) electrons. The zero-order chi connectivity index (χ0) is 23.2. The van der Waals surface area contributed by atoms with Crippen LogP contribution in [0.4, 0.5) is 0 Å². The molecule has 3 N–H and O–H groups in total. The van der Waals surface area contributed by atoms with Crippen molar-refractivity contribution in [3.05, 3.63) is 0 Å². The minimum absolute atomic E-state index is 0.123. The second kappa shape index (κ2) is 12.2. The Morgan fingerprint density at radius 1 is 0.970 bits per heavy atom. The largest absolute Gasteiger partial charge is 0.396 e. The van der Waals surface area contributed by atoms with Crippen molar-refractivity contribution in [1.29, 1.82) is 0 Å². The summed E-state index contributed by atoms with van der Waals surface area (Å²) in [6, 6.07) is 0. The zero-order valence-electron chi connectivity index (χ0n) is 20.6. The highest BCUT2D eigenvalue weighted by Gasteiger charge is 2.38. The van der Waals surface area contributed by atoms with Gasteiger partial charge in [0.2, 0.25) is 5.91 Å². The van der Waals surface area contributed by atoms with Crippen molar-refractivity contribution in [3.63, 3.8) is 0 Å². The average Bonchev–Trinajstić information content (AvgIpc) is 3.37. The first kappa shape index (κ1) is 25.3. The zero-order valence-corrected chi connectivity index (χ0v) is 21.4. The summed E-state index contributed by atoms with van der Waals surface area (Å²) < 4.78 is 0. The van der Waals surface area contributed by atoms with Crippen LogP contribution in [-0.2, 0) is 4.79 Å². The fourth-order valence-corrected chi connectivity index (χ4v) is 7.40. The molecule has 8 unspecified atom stereocenters. The molecule has 1 aliphatic heterocycles. The van der Waals surface area contributed by atoms with E-state index in [9.17, 15) is 9.90 Å². The van der Waals surface area contributed by atoms with Crippen LogP contribution in [0.25, 0.3) is 0 Å². The van der Waals surface area contributed by atoms with E-state index < -0.39 is 0 Å². The van der Waals surface area contributed by atoms with Crippen molar-refractivity contribution < 1.29 is 9.90 Å². The lowest BCUT2D eigenvalue weighted by Crippen LogP contribution is -2.43. The van der Waals surface area contributed by atoms with Gasteiger partial charge in [0.25, 0.3) is 0 Å². The molecule has 0 aromatic heterocycles. The summed E-state index contributed by atoms with van der Waals surface area (Å²) in [6.07, 6.45) is 13.6. The van der Waals surface area contributed by atoms with E-state index in [0.29, 0.717) is 47.5 Å². The third-order valence-electron chi connectivity index (χ3n) is 9.17. The SMILES string of the molecule is CC1CC(CNC(=O)C2CC(CNC3=NCCC3)CC(C3CCCC(CO)C3)C2)CCC1Cl. The van der Waals surface area contributed by atoms with Crippen LogP contribution in [0, 0.1) is 41.4 Å². The van der Waals surface area contributed by atoms with Crippen molar-refractivity contribution in [3.8, 4) is 0 Å². The Hall–Kier alpha value is -0.810. The number of amides is 1. The number of nitrogens with one attached hydrogen (secondary N) is 2. The standard InChI is InChI=1S/C27H46ClN3O2/c1-18-10-19(7-8-25(18)28)15-31-27(33)24-13-21(16-30-26-6-3-9-29-26)12-23(14-24)22-5-2-4-20(11-22)17-32/h18-25,32H,2-17H2,1H3,(H,29,30)(H,31,33). The number of aliphatic hydroxyl groups is 1. The van der Waals surface area contributed by atoms with Crippen molar-refractivity contribution in [1.82, 2.24) is 10.6 Å². The number of carbonyl (C=O) groups is 1. The lowest BCUT2D eigenvalue weighted by Gasteiger charge is -2.41. The Bertz CT molecular complexity index is 672. The summed E-state index contributed by atoms with van der Waals surface area (Å²) >= 11 is 6.40. The molecule has 4 rings (SSSR count). The Kier molecular flexibility index (Phi) is 9.38. The van der Waals surface area contributed by atoms with Gasteiger partial charge < -0.3 is 15.7 Å². The molecule has 188 valence electrons. The molecule has 1 heterocycles. The number of aliphatic imine (C=N–C) groups is 1. The van der Waals surface area contributed by atoms with E-state index in [2.05, 4.69) is 22.5 Å². The molecule has 33 heavy (non-hydrogen) atoms. The maximum atomic E-state index is 13.3. The number of rotatable bonds is 7. The van der Waals surface area contributed by atoms with Crippen LogP contribution in [0.5, 0.6) is 0 Å². The molecule has 8 atom stereocenters. The Morgan fingerprint density at radius 2 is 1.82 bits per heavy atom. The fourth-order valence-electron chi connectivity index (χ4n) is 7.17. The maximum Gasteiger partial charge on any atom is 0.223 e. The molecule has 3 aliphatic carbocycles. The fraction of sp³-hybridized carbons (Fsp3) is 0.926. The summed E-state index contributed by atoms with van der Waals surface area (Å²) in [6.45, 7) is 5.28. The number of alkyl halides is 1. The van der Waals surface area contributed by atoms with Crippen LogP contribution in [0.3, 0.4) is 0 Å². The average molecular weight is 480 g/mol. The van der Waals surface area contributed by atoms with Gasteiger partial charge in [-0.1, -0.05) is 19.8 Å². The minimum atomic E-state index is 0.123. The second-order valence-corrected chi connectivity index (χ2v) is 12.3. The highest BCUT2D eigenvalue weighted by molar-refractivity contribution is 6.20. The molecule has 1 amide bonds. The topological polar surface area (TPSA) is 73.7 Å². The van der Waals surface area contributed by atoms with Crippen molar-refractivity contribution in [2.45, 2.75) is 89.4 Å². The van der Waals surface area contributed by atoms with Gasteiger partial charge in [-0.15, -0.1) is 11.6 Å². The predicted molar refractivity (Wildman–Crippen MR) is 136 cm³/mol. The molecular weight excluding hydrogens is 434 g/mol. The van der Waals surface area contributed by atoms with Crippen LogP contribution >= 0.6 is 11.6 Å². The monoisotopic (exact) mass is 479 g/mol. The number of nitrogens with zero attached hydrogens (tertiary/aromatic N) is 1. The molecule has 0 saturated heterocycles. The maximum absolute atomic E-state index is 13.3. The van der Waals surface area contributed by atoms with Gasteiger partial charge in [-0.25, -0.2) is 0 Å².